The molecule has 0 atom stereocenters. The Bertz CT molecular complexity index is 447. The zero-order chi connectivity index (χ0) is 13.9. The summed E-state index contributed by atoms with van der Waals surface area (Å²) in [5.41, 5.74) is 5.48. The second kappa shape index (κ2) is 5.80. The summed E-state index contributed by atoms with van der Waals surface area (Å²) < 4.78 is 26.0. The molecule has 2 N–H and O–H groups in total. The van der Waals surface area contributed by atoms with E-state index >= 15 is 0 Å². The van der Waals surface area contributed by atoms with Crippen molar-refractivity contribution in [2.45, 2.75) is 20.3 Å². The van der Waals surface area contributed by atoms with Gasteiger partial charge in [0, 0.05) is 25.3 Å². The first-order valence-corrected chi connectivity index (χ1v) is 5.83. The van der Waals surface area contributed by atoms with E-state index in [2.05, 4.69) is 0 Å². The fraction of sp³-hybridized carbons (Fsp3) is 0.462. The van der Waals surface area contributed by atoms with Crippen molar-refractivity contribution in [3.8, 4) is 0 Å². The molecule has 0 saturated heterocycles. The summed E-state index contributed by atoms with van der Waals surface area (Å²) in [7, 11) is 1.62. The van der Waals surface area contributed by atoms with Crippen LogP contribution in [-0.2, 0) is 0 Å². The minimum absolute atomic E-state index is 0.000145. The summed E-state index contributed by atoms with van der Waals surface area (Å²) in [6.45, 7) is 4.64. The standard InChI is InChI=1S/C13H18F2N2O/c1-8(2)4-5-17(3)13(18)9-6-10(14)11(15)7-12(9)16/h6-8H,4-5,16H2,1-3H3. The molecule has 18 heavy (non-hydrogen) atoms. The van der Waals surface area contributed by atoms with E-state index < -0.39 is 17.5 Å². The Balaban J connectivity index is 2.87. The third kappa shape index (κ3) is 3.42. The minimum atomic E-state index is -1.06. The van der Waals surface area contributed by atoms with E-state index in [1.807, 2.05) is 13.8 Å². The van der Waals surface area contributed by atoms with Crippen molar-refractivity contribution < 1.29 is 13.6 Å². The second-order valence-electron chi connectivity index (χ2n) is 4.76. The average Bonchev–Trinajstić information content (AvgIpc) is 2.29. The number of amides is 1. The summed E-state index contributed by atoms with van der Waals surface area (Å²) in [4.78, 5) is 13.5. The molecule has 1 rings (SSSR count). The van der Waals surface area contributed by atoms with Crippen LogP contribution in [0.4, 0.5) is 14.5 Å². The molecular weight excluding hydrogens is 238 g/mol. The molecule has 0 aliphatic heterocycles. The number of carbonyl (C=O) groups is 1. The molecular formula is C13H18F2N2O. The molecule has 0 aliphatic carbocycles. The predicted octanol–water partition coefficient (Wildman–Crippen LogP) is 2.67. The monoisotopic (exact) mass is 256 g/mol. The molecule has 0 heterocycles. The van der Waals surface area contributed by atoms with Crippen molar-refractivity contribution in [2.24, 2.45) is 5.92 Å². The summed E-state index contributed by atoms with van der Waals surface area (Å²) in [6, 6.07) is 1.68. The largest absolute Gasteiger partial charge is 0.398 e. The van der Waals surface area contributed by atoms with Crippen LogP contribution in [0, 0.1) is 17.6 Å². The third-order valence-corrected chi connectivity index (χ3v) is 2.71. The summed E-state index contributed by atoms with van der Waals surface area (Å²) in [5, 5.41) is 0. The molecule has 3 nitrogen and oxygen atoms in total. The molecule has 0 bridgehead atoms. The van der Waals surface area contributed by atoms with Crippen LogP contribution >= 0.6 is 0 Å². The van der Waals surface area contributed by atoms with E-state index in [4.69, 9.17) is 5.73 Å². The van der Waals surface area contributed by atoms with Gasteiger partial charge in [-0.3, -0.25) is 4.79 Å². The van der Waals surface area contributed by atoms with Gasteiger partial charge in [-0.25, -0.2) is 8.78 Å². The third-order valence-electron chi connectivity index (χ3n) is 2.71. The highest BCUT2D eigenvalue weighted by Gasteiger charge is 2.17. The van der Waals surface area contributed by atoms with Gasteiger partial charge >= 0.3 is 0 Å². The first-order valence-electron chi connectivity index (χ1n) is 5.83. The van der Waals surface area contributed by atoms with E-state index in [0.29, 0.717) is 12.5 Å². The molecule has 1 amide bonds. The topological polar surface area (TPSA) is 46.3 Å². The van der Waals surface area contributed by atoms with Crippen LogP contribution in [0.1, 0.15) is 30.6 Å². The number of anilines is 1. The fourth-order valence-electron chi connectivity index (χ4n) is 1.51. The lowest BCUT2D eigenvalue weighted by atomic mass is 10.1. The zero-order valence-corrected chi connectivity index (χ0v) is 10.8. The van der Waals surface area contributed by atoms with Gasteiger partial charge in [0.1, 0.15) is 0 Å². The van der Waals surface area contributed by atoms with Gasteiger partial charge in [0.05, 0.1) is 5.56 Å². The molecule has 0 aromatic heterocycles. The first-order chi connectivity index (χ1) is 8.32. The molecule has 0 saturated carbocycles. The van der Waals surface area contributed by atoms with Gasteiger partial charge < -0.3 is 10.6 Å². The Hall–Kier alpha value is -1.65. The highest BCUT2D eigenvalue weighted by atomic mass is 19.2. The Labute approximate surface area is 106 Å². The summed E-state index contributed by atoms with van der Waals surface area (Å²) >= 11 is 0. The van der Waals surface area contributed by atoms with Crippen molar-refractivity contribution in [3.05, 3.63) is 29.3 Å². The fourth-order valence-corrected chi connectivity index (χ4v) is 1.51. The van der Waals surface area contributed by atoms with Crippen molar-refractivity contribution in [1.29, 1.82) is 0 Å². The van der Waals surface area contributed by atoms with Gasteiger partial charge in [0.25, 0.3) is 5.91 Å². The number of benzene rings is 1. The lowest BCUT2D eigenvalue weighted by molar-refractivity contribution is 0.0789. The lowest BCUT2D eigenvalue weighted by Gasteiger charge is -2.19. The van der Waals surface area contributed by atoms with E-state index in [1.165, 1.54) is 4.90 Å². The van der Waals surface area contributed by atoms with Crippen LogP contribution in [0.3, 0.4) is 0 Å². The van der Waals surface area contributed by atoms with Crippen molar-refractivity contribution in [1.82, 2.24) is 4.90 Å². The second-order valence-corrected chi connectivity index (χ2v) is 4.76. The van der Waals surface area contributed by atoms with E-state index in [1.54, 1.807) is 7.05 Å². The highest BCUT2D eigenvalue weighted by molar-refractivity contribution is 5.99. The number of carbonyl (C=O) groups excluding carboxylic acids is 1. The number of halogens is 2. The minimum Gasteiger partial charge on any atom is -0.398 e. The van der Waals surface area contributed by atoms with Crippen LogP contribution in [0.2, 0.25) is 0 Å². The quantitative estimate of drug-likeness (QED) is 0.842. The molecule has 1 aromatic rings. The number of rotatable bonds is 4. The van der Waals surface area contributed by atoms with Gasteiger partial charge in [0.15, 0.2) is 11.6 Å². The van der Waals surface area contributed by atoms with Gasteiger partial charge in [-0.05, 0) is 18.4 Å². The first kappa shape index (κ1) is 14.4. The number of hydrogen-bond donors (Lipinski definition) is 1. The molecule has 0 unspecified atom stereocenters. The van der Waals surface area contributed by atoms with E-state index in [9.17, 15) is 13.6 Å². The smallest absolute Gasteiger partial charge is 0.255 e. The van der Waals surface area contributed by atoms with E-state index in [0.717, 1.165) is 18.6 Å². The van der Waals surface area contributed by atoms with Gasteiger partial charge in [-0.2, -0.15) is 0 Å². The van der Waals surface area contributed by atoms with Crippen LogP contribution in [-0.4, -0.2) is 24.4 Å². The maximum absolute atomic E-state index is 13.1. The maximum Gasteiger partial charge on any atom is 0.255 e. The summed E-state index contributed by atoms with van der Waals surface area (Å²) in [6.07, 6.45) is 0.839. The number of nitrogens with two attached hydrogens (primary N) is 1. The molecule has 0 radical (unpaired) electrons. The van der Waals surface area contributed by atoms with Gasteiger partial charge in [-0.15, -0.1) is 0 Å². The zero-order valence-electron chi connectivity index (χ0n) is 10.8. The van der Waals surface area contributed by atoms with Gasteiger partial charge in [0.2, 0.25) is 0 Å². The Morgan fingerprint density at radius 3 is 2.44 bits per heavy atom. The normalized spacial score (nSPS) is 10.8. The van der Waals surface area contributed by atoms with Crippen molar-refractivity contribution in [3.63, 3.8) is 0 Å². The molecule has 0 fully saturated rings. The van der Waals surface area contributed by atoms with Crippen molar-refractivity contribution >= 4 is 11.6 Å². The van der Waals surface area contributed by atoms with Crippen LogP contribution in [0.25, 0.3) is 0 Å². The molecule has 1 aromatic carbocycles. The van der Waals surface area contributed by atoms with E-state index in [-0.39, 0.29) is 11.3 Å². The average molecular weight is 256 g/mol. The molecule has 100 valence electrons. The molecule has 0 spiro atoms. The highest BCUT2D eigenvalue weighted by Crippen LogP contribution is 2.18. The SMILES string of the molecule is CC(C)CCN(C)C(=O)c1cc(F)c(F)cc1N. The predicted molar refractivity (Wildman–Crippen MR) is 67.2 cm³/mol. The van der Waals surface area contributed by atoms with Crippen LogP contribution in [0.5, 0.6) is 0 Å². The Morgan fingerprint density at radius 1 is 1.33 bits per heavy atom. The lowest BCUT2D eigenvalue weighted by Crippen LogP contribution is -2.29. The van der Waals surface area contributed by atoms with Crippen LogP contribution in [0.15, 0.2) is 12.1 Å². The van der Waals surface area contributed by atoms with Crippen molar-refractivity contribution in [2.75, 3.05) is 19.3 Å². The van der Waals surface area contributed by atoms with Gasteiger partial charge in [-0.1, -0.05) is 13.8 Å². The number of nitrogens with zero attached hydrogens (tertiary/aromatic N) is 1. The Kier molecular flexibility index (Phi) is 4.64. The molecule has 0 aliphatic rings. The maximum atomic E-state index is 13.1. The number of nitrogen functional groups attached to an aromatic ring is 1. The summed E-state index contributed by atoms with van der Waals surface area (Å²) in [5.74, 6) is -2.05. The Morgan fingerprint density at radius 2 is 1.89 bits per heavy atom. The van der Waals surface area contributed by atoms with Crippen LogP contribution < -0.4 is 5.73 Å². The molecule has 5 heteroatoms. The number of hydrogen-bond acceptors (Lipinski definition) is 2.